The molecule has 0 bridgehead atoms. The van der Waals surface area contributed by atoms with Gasteiger partial charge in [0.15, 0.2) is 0 Å². The molecule has 0 spiro atoms. The van der Waals surface area contributed by atoms with E-state index in [9.17, 15) is 13.2 Å². The smallest absolute Gasteiger partial charge is 0.366 e. The van der Waals surface area contributed by atoms with E-state index in [4.69, 9.17) is 0 Å². The first-order valence-corrected chi connectivity index (χ1v) is 7.59. The average Bonchev–Trinajstić information content (AvgIpc) is 2.54. The van der Waals surface area contributed by atoms with Gasteiger partial charge in [-0.05, 0) is 41.7 Å². The average molecular weight is 317 g/mol. The monoisotopic (exact) mass is 317 g/mol. The summed E-state index contributed by atoms with van der Waals surface area (Å²) in [5.41, 5.74) is 2.39. The summed E-state index contributed by atoms with van der Waals surface area (Å²) in [6.07, 6.45) is -1.45. The van der Waals surface area contributed by atoms with E-state index in [0.29, 0.717) is 18.0 Å². The molecule has 1 atom stereocenters. The van der Waals surface area contributed by atoms with Gasteiger partial charge < -0.3 is 4.90 Å². The fraction of sp³-hybridized carbons (Fsp3) is 0.263. The Morgan fingerprint density at radius 2 is 1.91 bits per heavy atom. The maximum Gasteiger partial charge on any atom is 0.416 e. The van der Waals surface area contributed by atoms with Crippen molar-refractivity contribution in [1.82, 2.24) is 0 Å². The van der Waals surface area contributed by atoms with E-state index in [-0.39, 0.29) is 0 Å². The molecule has 0 amide bonds. The van der Waals surface area contributed by atoms with Gasteiger partial charge in [-0.1, -0.05) is 36.4 Å². The number of nitrogens with zero attached hydrogens (tertiary/aromatic N) is 1. The number of halogens is 3. The Labute approximate surface area is 134 Å². The van der Waals surface area contributed by atoms with E-state index in [1.807, 2.05) is 24.3 Å². The van der Waals surface area contributed by atoms with Crippen molar-refractivity contribution in [2.45, 2.75) is 19.1 Å². The molecular formula is C19H18F3N. The zero-order valence-corrected chi connectivity index (χ0v) is 12.7. The van der Waals surface area contributed by atoms with E-state index >= 15 is 0 Å². The van der Waals surface area contributed by atoms with Gasteiger partial charge in [-0.25, -0.2) is 0 Å². The van der Waals surface area contributed by atoms with Gasteiger partial charge >= 0.3 is 6.18 Å². The molecule has 0 fully saturated rings. The highest BCUT2D eigenvalue weighted by atomic mass is 19.4. The zero-order chi connectivity index (χ0) is 16.4. The predicted octanol–water partition coefficient (Wildman–Crippen LogP) is 5.07. The van der Waals surface area contributed by atoms with Crippen molar-refractivity contribution >= 4 is 5.69 Å². The van der Waals surface area contributed by atoms with Crippen LogP contribution in [0.1, 0.15) is 16.7 Å². The molecule has 0 saturated carbocycles. The topological polar surface area (TPSA) is 3.24 Å². The first-order valence-electron chi connectivity index (χ1n) is 7.59. The Bertz CT molecular complexity index is 706. The lowest BCUT2D eigenvalue weighted by Crippen LogP contribution is -2.34. The molecule has 1 aliphatic heterocycles. The molecule has 0 aliphatic carbocycles. The maximum absolute atomic E-state index is 12.9. The Hall–Kier alpha value is -2.23. The lowest BCUT2D eigenvalue weighted by Gasteiger charge is -2.35. The van der Waals surface area contributed by atoms with Crippen molar-refractivity contribution in [3.63, 3.8) is 0 Å². The summed E-state index contributed by atoms with van der Waals surface area (Å²) in [7, 11) is 0. The van der Waals surface area contributed by atoms with E-state index < -0.39 is 11.7 Å². The second-order valence-corrected chi connectivity index (χ2v) is 5.91. The zero-order valence-electron chi connectivity index (χ0n) is 12.7. The van der Waals surface area contributed by atoms with Crippen molar-refractivity contribution in [3.8, 4) is 0 Å². The van der Waals surface area contributed by atoms with Gasteiger partial charge in [-0.2, -0.15) is 13.2 Å². The number of hydrogen-bond acceptors (Lipinski definition) is 1. The third-order valence-corrected chi connectivity index (χ3v) is 4.23. The van der Waals surface area contributed by atoms with Gasteiger partial charge in [0, 0.05) is 18.8 Å². The summed E-state index contributed by atoms with van der Waals surface area (Å²) in [5, 5.41) is 0. The minimum absolute atomic E-state index is 0.315. The van der Waals surface area contributed by atoms with E-state index in [1.165, 1.54) is 17.7 Å². The normalized spacial score (nSPS) is 17.7. The van der Waals surface area contributed by atoms with Gasteiger partial charge in [0.2, 0.25) is 0 Å². The van der Waals surface area contributed by atoms with Crippen LogP contribution in [0.5, 0.6) is 0 Å². The quantitative estimate of drug-likeness (QED) is 0.714. The van der Waals surface area contributed by atoms with E-state index in [0.717, 1.165) is 24.7 Å². The molecule has 0 saturated heterocycles. The lowest BCUT2D eigenvalue weighted by molar-refractivity contribution is -0.137. The second-order valence-electron chi connectivity index (χ2n) is 5.91. The lowest BCUT2D eigenvalue weighted by atomic mass is 9.92. The van der Waals surface area contributed by atoms with Crippen LogP contribution in [0.15, 0.2) is 61.2 Å². The number of anilines is 1. The van der Waals surface area contributed by atoms with Crippen LogP contribution in [0, 0.1) is 5.92 Å². The number of alkyl halides is 3. The Balaban J connectivity index is 1.89. The Kier molecular flexibility index (Phi) is 4.16. The highest BCUT2D eigenvalue weighted by Crippen LogP contribution is 2.33. The summed E-state index contributed by atoms with van der Waals surface area (Å²) in [4.78, 5) is 2.14. The molecule has 23 heavy (non-hydrogen) atoms. The third kappa shape index (κ3) is 3.41. The van der Waals surface area contributed by atoms with Gasteiger partial charge in [-0.15, -0.1) is 6.58 Å². The van der Waals surface area contributed by atoms with Crippen molar-refractivity contribution in [2.24, 2.45) is 5.92 Å². The summed E-state index contributed by atoms with van der Waals surface area (Å²) >= 11 is 0. The van der Waals surface area contributed by atoms with E-state index in [1.54, 1.807) is 6.07 Å². The van der Waals surface area contributed by atoms with Crippen LogP contribution >= 0.6 is 0 Å². The standard InChI is InChI=1S/C19H18F3N/c1-2-14-10-16-7-3-4-9-18(16)23(12-14)13-15-6-5-8-17(11-15)19(20,21)22/h2-9,11,14H,1,10,12-13H2/t14-/m0/s1. The Morgan fingerprint density at radius 1 is 1.13 bits per heavy atom. The summed E-state index contributed by atoms with van der Waals surface area (Å²) in [5.74, 6) is 0.315. The molecule has 1 heterocycles. The molecule has 2 aromatic rings. The molecule has 1 nitrogen and oxygen atoms in total. The summed E-state index contributed by atoms with van der Waals surface area (Å²) < 4.78 is 38.6. The minimum atomic E-state index is -4.31. The number of rotatable bonds is 3. The van der Waals surface area contributed by atoms with Crippen LogP contribution in [0.2, 0.25) is 0 Å². The molecule has 0 radical (unpaired) electrons. The van der Waals surface area contributed by atoms with Crippen molar-refractivity contribution in [2.75, 3.05) is 11.4 Å². The number of benzene rings is 2. The molecule has 3 rings (SSSR count). The van der Waals surface area contributed by atoms with Crippen molar-refractivity contribution in [3.05, 3.63) is 77.9 Å². The molecule has 120 valence electrons. The largest absolute Gasteiger partial charge is 0.416 e. The van der Waals surface area contributed by atoms with Crippen LogP contribution in [0.25, 0.3) is 0 Å². The highest BCUT2D eigenvalue weighted by Gasteiger charge is 2.30. The van der Waals surface area contributed by atoms with Gasteiger partial charge in [0.05, 0.1) is 5.56 Å². The first-order chi connectivity index (χ1) is 11.0. The van der Waals surface area contributed by atoms with Crippen LogP contribution in [-0.2, 0) is 19.1 Å². The maximum atomic E-state index is 12.9. The van der Waals surface area contributed by atoms with Crippen molar-refractivity contribution in [1.29, 1.82) is 0 Å². The van der Waals surface area contributed by atoms with E-state index in [2.05, 4.69) is 17.5 Å². The highest BCUT2D eigenvalue weighted by molar-refractivity contribution is 5.56. The molecule has 4 heteroatoms. The van der Waals surface area contributed by atoms with Gasteiger partial charge in [0.25, 0.3) is 0 Å². The molecule has 0 aromatic heterocycles. The van der Waals surface area contributed by atoms with Crippen LogP contribution < -0.4 is 4.90 Å². The molecule has 2 aromatic carbocycles. The van der Waals surface area contributed by atoms with Crippen LogP contribution in [0.4, 0.5) is 18.9 Å². The van der Waals surface area contributed by atoms with Crippen LogP contribution in [0.3, 0.4) is 0 Å². The minimum Gasteiger partial charge on any atom is -0.366 e. The molecule has 0 unspecified atom stereocenters. The predicted molar refractivity (Wildman–Crippen MR) is 86.3 cm³/mol. The molecule has 0 N–H and O–H groups in total. The van der Waals surface area contributed by atoms with Gasteiger partial charge in [0.1, 0.15) is 0 Å². The number of para-hydroxylation sites is 1. The van der Waals surface area contributed by atoms with Crippen LogP contribution in [-0.4, -0.2) is 6.54 Å². The SMILES string of the molecule is C=C[C@H]1Cc2ccccc2N(Cc2cccc(C(F)(F)F)c2)C1. The Morgan fingerprint density at radius 3 is 2.65 bits per heavy atom. The molecule has 1 aliphatic rings. The summed E-state index contributed by atoms with van der Waals surface area (Å²) in [6.45, 7) is 5.11. The summed E-state index contributed by atoms with van der Waals surface area (Å²) in [6, 6.07) is 13.6. The fourth-order valence-electron chi connectivity index (χ4n) is 3.09. The first kappa shape index (κ1) is 15.7. The fourth-order valence-corrected chi connectivity index (χ4v) is 3.09. The number of hydrogen-bond donors (Lipinski definition) is 0. The molecular weight excluding hydrogens is 299 g/mol. The second kappa shape index (κ2) is 6.11. The number of fused-ring (bicyclic) bond motifs is 1. The third-order valence-electron chi connectivity index (χ3n) is 4.23. The van der Waals surface area contributed by atoms with Crippen molar-refractivity contribution < 1.29 is 13.2 Å². The van der Waals surface area contributed by atoms with Gasteiger partial charge in [-0.3, -0.25) is 0 Å².